The number of carboxylic acids is 1. The second-order valence-electron chi connectivity index (χ2n) is 4.18. The molecule has 1 aromatic heterocycles. The summed E-state index contributed by atoms with van der Waals surface area (Å²) in [5.41, 5.74) is -0.130. The van der Waals surface area contributed by atoms with E-state index < -0.39 is 5.97 Å². The molecule has 1 atom stereocenters. The third-order valence-corrected chi connectivity index (χ3v) is 2.48. The Kier molecular flexibility index (Phi) is 5.10. The first-order valence-corrected chi connectivity index (χ1v) is 5.68. The molecular weight excluding hydrogens is 236 g/mol. The molecular formula is C12H16N2O4. The van der Waals surface area contributed by atoms with Crippen molar-refractivity contribution in [2.45, 2.75) is 19.8 Å². The van der Waals surface area contributed by atoms with Gasteiger partial charge in [0.2, 0.25) is 5.56 Å². The van der Waals surface area contributed by atoms with E-state index in [1.807, 2.05) is 6.92 Å². The zero-order chi connectivity index (χ0) is 13.5. The van der Waals surface area contributed by atoms with Crippen molar-refractivity contribution >= 4 is 11.9 Å². The molecule has 0 saturated heterocycles. The molecule has 6 nitrogen and oxygen atoms in total. The maximum Gasteiger partial charge on any atom is 0.303 e. The second-order valence-corrected chi connectivity index (χ2v) is 4.18. The third-order valence-electron chi connectivity index (χ3n) is 2.48. The van der Waals surface area contributed by atoms with E-state index in [-0.39, 0.29) is 29.5 Å². The smallest absolute Gasteiger partial charge is 0.303 e. The van der Waals surface area contributed by atoms with Crippen LogP contribution in [-0.4, -0.2) is 28.5 Å². The number of hydrogen-bond acceptors (Lipinski definition) is 3. The Morgan fingerprint density at radius 3 is 2.78 bits per heavy atom. The number of rotatable bonds is 6. The Morgan fingerprint density at radius 2 is 2.17 bits per heavy atom. The van der Waals surface area contributed by atoms with E-state index in [9.17, 15) is 14.4 Å². The van der Waals surface area contributed by atoms with Gasteiger partial charge < -0.3 is 15.4 Å². The molecule has 6 heteroatoms. The van der Waals surface area contributed by atoms with E-state index in [0.717, 1.165) is 0 Å². The van der Waals surface area contributed by atoms with Crippen LogP contribution in [0.25, 0.3) is 0 Å². The lowest BCUT2D eigenvalue weighted by Gasteiger charge is -2.11. The Hall–Kier alpha value is -2.11. The molecule has 0 aromatic carbocycles. The van der Waals surface area contributed by atoms with Crippen LogP contribution >= 0.6 is 0 Å². The molecule has 98 valence electrons. The van der Waals surface area contributed by atoms with Gasteiger partial charge in [-0.2, -0.15) is 0 Å². The summed E-state index contributed by atoms with van der Waals surface area (Å²) in [4.78, 5) is 35.4. The van der Waals surface area contributed by atoms with Crippen molar-refractivity contribution in [2.24, 2.45) is 5.92 Å². The number of carboxylic acid groups (broad SMARTS) is 1. The van der Waals surface area contributed by atoms with Gasteiger partial charge in [0, 0.05) is 19.0 Å². The average Bonchev–Trinajstić information content (AvgIpc) is 2.33. The lowest BCUT2D eigenvalue weighted by molar-refractivity contribution is -0.137. The van der Waals surface area contributed by atoms with Gasteiger partial charge >= 0.3 is 5.97 Å². The van der Waals surface area contributed by atoms with Crippen molar-refractivity contribution in [3.05, 3.63) is 34.2 Å². The minimum Gasteiger partial charge on any atom is -0.481 e. The van der Waals surface area contributed by atoms with Gasteiger partial charge in [-0.15, -0.1) is 0 Å². The van der Waals surface area contributed by atoms with Gasteiger partial charge in [-0.05, 0) is 18.4 Å². The molecule has 0 saturated carbocycles. The number of aromatic amines is 1. The Balaban J connectivity index is 2.41. The summed E-state index contributed by atoms with van der Waals surface area (Å²) in [6, 6.07) is 4.34. The van der Waals surface area contributed by atoms with Crippen LogP contribution in [0, 0.1) is 5.92 Å². The summed E-state index contributed by atoms with van der Waals surface area (Å²) in [6.07, 6.45) is 0.583. The monoisotopic (exact) mass is 252 g/mol. The van der Waals surface area contributed by atoms with Crippen LogP contribution in [0.4, 0.5) is 0 Å². The molecule has 0 spiro atoms. The number of nitrogens with one attached hydrogen (secondary N) is 2. The van der Waals surface area contributed by atoms with Gasteiger partial charge in [0.1, 0.15) is 5.69 Å². The van der Waals surface area contributed by atoms with Crippen LogP contribution in [0.15, 0.2) is 23.0 Å². The van der Waals surface area contributed by atoms with Gasteiger partial charge in [0.25, 0.3) is 5.91 Å². The van der Waals surface area contributed by atoms with Gasteiger partial charge in [-0.3, -0.25) is 14.4 Å². The Labute approximate surface area is 104 Å². The van der Waals surface area contributed by atoms with Crippen LogP contribution in [0.5, 0.6) is 0 Å². The summed E-state index contributed by atoms with van der Waals surface area (Å²) >= 11 is 0. The second kappa shape index (κ2) is 6.58. The van der Waals surface area contributed by atoms with E-state index in [4.69, 9.17) is 5.11 Å². The van der Waals surface area contributed by atoms with Crippen LogP contribution in [0.2, 0.25) is 0 Å². The standard InChI is InChI=1S/C12H16N2O4/c1-8(5-6-11(16)17)7-13-12(18)9-3-2-4-10(15)14-9/h2-4,8H,5-7H2,1H3,(H,13,18)(H,14,15)(H,16,17). The van der Waals surface area contributed by atoms with Gasteiger partial charge in [-0.1, -0.05) is 13.0 Å². The first kappa shape index (κ1) is 14.0. The van der Waals surface area contributed by atoms with Gasteiger partial charge in [0.05, 0.1) is 0 Å². The van der Waals surface area contributed by atoms with E-state index in [2.05, 4.69) is 10.3 Å². The normalized spacial score (nSPS) is 11.8. The number of aliphatic carboxylic acids is 1. The summed E-state index contributed by atoms with van der Waals surface area (Å²) < 4.78 is 0. The van der Waals surface area contributed by atoms with E-state index in [1.165, 1.54) is 18.2 Å². The molecule has 0 aliphatic rings. The fourth-order valence-electron chi connectivity index (χ4n) is 1.41. The zero-order valence-electron chi connectivity index (χ0n) is 10.1. The molecule has 1 aromatic rings. The molecule has 1 rings (SSSR count). The molecule has 3 N–H and O–H groups in total. The number of pyridine rings is 1. The van der Waals surface area contributed by atoms with Crippen LogP contribution in [0.3, 0.4) is 0 Å². The highest BCUT2D eigenvalue weighted by Gasteiger charge is 2.09. The number of carbonyl (C=O) groups is 2. The lowest BCUT2D eigenvalue weighted by Crippen LogP contribution is -2.30. The maximum atomic E-state index is 11.6. The summed E-state index contributed by atoms with van der Waals surface area (Å²) in [5.74, 6) is -1.14. The highest BCUT2D eigenvalue weighted by molar-refractivity contribution is 5.92. The van der Waals surface area contributed by atoms with Crippen molar-refractivity contribution in [3.63, 3.8) is 0 Å². The number of hydrogen-bond donors (Lipinski definition) is 3. The molecule has 1 unspecified atom stereocenters. The van der Waals surface area contributed by atoms with Crippen LogP contribution < -0.4 is 10.9 Å². The minimum absolute atomic E-state index is 0.0699. The zero-order valence-corrected chi connectivity index (χ0v) is 10.1. The van der Waals surface area contributed by atoms with Gasteiger partial charge in [-0.25, -0.2) is 0 Å². The van der Waals surface area contributed by atoms with Crippen LogP contribution in [0.1, 0.15) is 30.3 Å². The summed E-state index contributed by atoms with van der Waals surface area (Å²) in [5, 5.41) is 11.2. The van der Waals surface area contributed by atoms with Crippen molar-refractivity contribution in [2.75, 3.05) is 6.54 Å². The SMILES string of the molecule is CC(CCC(=O)O)CNC(=O)c1cccc(=O)[nH]1. The quantitative estimate of drug-likeness (QED) is 0.690. The fourth-order valence-corrected chi connectivity index (χ4v) is 1.41. The van der Waals surface area contributed by atoms with Crippen LogP contribution in [-0.2, 0) is 4.79 Å². The third kappa shape index (κ3) is 4.82. The molecule has 0 aliphatic heterocycles. The fraction of sp³-hybridized carbons (Fsp3) is 0.417. The Bertz CT molecular complexity index is 481. The van der Waals surface area contributed by atoms with Crippen molar-refractivity contribution in [1.82, 2.24) is 10.3 Å². The minimum atomic E-state index is -0.847. The number of aromatic nitrogens is 1. The average molecular weight is 252 g/mol. The predicted octanol–water partition coefficient (Wildman–Crippen LogP) is 0.606. The highest BCUT2D eigenvalue weighted by Crippen LogP contribution is 2.04. The largest absolute Gasteiger partial charge is 0.481 e. The van der Waals surface area contributed by atoms with Crippen molar-refractivity contribution < 1.29 is 14.7 Å². The van der Waals surface area contributed by atoms with Crippen molar-refractivity contribution in [3.8, 4) is 0 Å². The number of carbonyl (C=O) groups excluding carboxylic acids is 1. The summed E-state index contributed by atoms with van der Waals surface area (Å²) in [6.45, 7) is 2.24. The lowest BCUT2D eigenvalue weighted by atomic mass is 10.1. The molecule has 18 heavy (non-hydrogen) atoms. The van der Waals surface area contributed by atoms with E-state index in [1.54, 1.807) is 0 Å². The Morgan fingerprint density at radius 1 is 1.44 bits per heavy atom. The number of amides is 1. The van der Waals surface area contributed by atoms with E-state index in [0.29, 0.717) is 13.0 Å². The summed E-state index contributed by atoms with van der Waals surface area (Å²) in [7, 11) is 0. The molecule has 0 bridgehead atoms. The maximum absolute atomic E-state index is 11.6. The molecule has 0 aliphatic carbocycles. The molecule has 1 heterocycles. The highest BCUT2D eigenvalue weighted by atomic mass is 16.4. The van der Waals surface area contributed by atoms with Crippen molar-refractivity contribution in [1.29, 1.82) is 0 Å². The van der Waals surface area contributed by atoms with Gasteiger partial charge in [0.15, 0.2) is 0 Å². The first-order chi connectivity index (χ1) is 8.49. The number of H-pyrrole nitrogens is 1. The topological polar surface area (TPSA) is 99.3 Å². The first-order valence-electron chi connectivity index (χ1n) is 5.68. The predicted molar refractivity (Wildman–Crippen MR) is 65.4 cm³/mol. The molecule has 0 radical (unpaired) electrons. The van der Waals surface area contributed by atoms with E-state index >= 15 is 0 Å². The molecule has 0 fully saturated rings. The molecule has 1 amide bonds.